The minimum atomic E-state index is -0.284. The van der Waals surface area contributed by atoms with E-state index >= 15 is 0 Å². The highest BCUT2D eigenvalue weighted by Gasteiger charge is 2.15. The number of thioether (sulfide) groups is 1. The van der Waals surface area contributed by atoms with Gasteiger partial charge in [0, 0.05) is 24.5 Å². The van der Waals surface area contributed by atoms with Gasteiger partial charge < -0.3 is 15.1 Å². The van der Waals surface area contributed by atoms with E-state index in [0.29, 0.717) is 17.9 Å². The van der Waals surface area contributed by atoms with Gasteiger partial charge >= 0.3 is 0 Å². The van der Waals surface area contributed by atoms with Crippen molar-refractivity contribution in [1.82, 2.24) is 0 Å². The molecule has 0 radical (unpaired) electrons. The van der Waals surface area contributed by atoms with Crippen LogP contribution in [0.1, 0.15) is 32.6 Å². The number of hydrogen-bond acceptors (Lipinski definition) is 6. The summed E-state index contributed by atoms with van der Waals surface area (Å²) >= 11 is 1.92. The topological polar surface area (TPSA) is 53.9 Å². The second-order valence-corrected chi connectivity index (χ2v) is 7.17. The van der Waals surface area contributed by atoms with Gasteiger partial charge in [-0.05, 0) is 43.2 Å². The van der Waals surface area contributed by atoms with Crippen molar-refractivity contribution >= 4 is 23.1 Å². The fourth-order valence-corrected chi connectivity index (χ4v) is 3.66. The van der Waals surface area contributed by atoms with E-state index in [1.165, 1.54) is 6.07 Å². The van der Waals surface area contributed by atoms with Gasteiger partial charge in [-0.3, -0.25) is 0 Å². The molecule has 1 fully saturated rings. The first kappa shape index (κ1) is 18.8. The summed E-state index contributed by atoms with van der Waals surface area (Å²) in [7, 11) is 0. The van der Waals surface area contributed by atoms with Gasteiger partial charge in [-0.2, -0.15) is 11.8 Å². The molecule has 1 aliphatic heterocycles. The number of hydrogen-bond donors (Lipinski definition) is 1. The lowest BCUT2D eigenvalue weighted by Gasteiger charge is -2.23. The predicted molar refractivity (Wildman–Crippen MR) is 99.2 cm³/mol. The molecular formula is C17H26FN3O2S. The Hall–Kier alpha value is -1.50. The van der Waals surface area contributed by atoms with Crippen molar-refractivity contribution in [3.8, 4) is 0 Å². The monoisotopic (exact) mass is 355 g/mol. The van der Waals surface area contributed by atoms with Crippen molar-refractivity contribution < 1.29 is 9.23 Å². The van der Waals surface area contributed by atoms with E-state index < -0.39 is 0 Å². The van der Waals surface area contributed by atoms with Crippen LogP contribution in [0.5, 0.6) is 0 Å². The van der Waals surface area contributed by atoms with Crippen LogP contribution in [0.2, 0.25) is 0 Å². The van der Waals surface area contributed by atoms with Crippen LogP contribution in [0, 0.1) is 10.7 Å². The number of nitrogens with zero attached hydrogens (tertiary/aromatic N) is 2. The van der Waals surface area contributed by atoms with Gasteiger partial charge in [-0.15, -0.1) is 4.91 Å². The number of unbranched alkanes of at least 4 members (excludes halogenated alkanes) is 1. The predicted octanol–water partition coefficient (Wildman–Crippen LogP) is 4.44. The molecule has 0 spiro atoms. The largest absolute Gasteiger partial charge is 0.381 e. The van der Waals surface area contributed by atoms with Crippen molar-refractivity contribution in [2.75, 3.05) is 41.4 Å². The van der Waals surface area contributed by atoms with Gasteiger partial charge in [0.05, 0.1) is 12.2 Å². The fourth-order valence-electron chi connectivity index (χ4n) is 2.78. The van der Waals surface area contributed by atoms with E-state index in [1.54, 1.807) is 0 Å². The van der Waals surface area contributed by atoms with Crippen LogP contribution >= 0.6 is 11.8 Å². The summed E-state index contributed by atoms with van der Waals surface area (Å²) in [5.74, 6) is 1.96. The molecule has 134 valence electrons. The van der Waals surface area contributed by atoms with E-state index in [-0.39, 0.29) is 11.9 Å². The molecule has 0 aliphatic carbocycles. The van der Waals surface area contributed by atoms with Crippen molar-refractivity contribution in [3.05, 3.63) is 28.9 Å². The van der Waals surface area contributed by atoms with Crippen molar-refractivity contribution in [2.45, 2.75) is 38.7 Å². The molecule has 1 unspecified atom stereocenters. The molecule has 1 aromatic carbocycles. The normalized spacial score (nSPS) is 16.3. The first-order valence-electron chi connectivity index (χ1n) is 8.59. The maximum Gasteiger partial charge on any atom is 0.155 e. The first-order valence-corrected chi connectivity index (χ1v) is 9.74. The summed E-state index contributed by atoms with van der Waals surface area (Å²) in [6, 6.07) is 5.22. The quantitative estimate of drug-likeness (QED) is 0.524. The van der Waals surface area contributed by atoms with Crippen LogP contribution in [0.15, 0.2) is 23.5 Å². The molecule has 1 aliphatic rings. The maximum atomic E-state index is 14.5. The number of halogens is 1. The summed E-state index contributed by atoms with van der Waals surface area (Å²) in [4.78, 5) is 17.3. The molecule has 5 nitrogen and oxygen atoms in total. The van der Waals surface area contributed by atoms with Crippen LogP contribution in [0.4, 0.5) is 15.8 Å². The first-order chi connectivity index (χ1) is 11.7. The van der Waals surface area contributed by atoms with Gasteiger partial charge in [0.15, 0.2) is 5.34 Å². The highest BCUT2D eigenvalue weighted by Crippen LogP contribution is 2.25. The SMILES string of the molecule is CCCCC(CNc1ccc(N2CCCSCC2)c(F)c1)ON=O. The molecule has 7 heteroatoms. The molecule has 1 aromatic rings. The Balaban J connectivity index is 1.94. The van der Waals surface area contributed by atoms with Crippen molar-refractivity contribution in [1.29, 1.82) is 0 Å². The number of nitrogens with one attached hydrogen (secondary N) is 1. The van der Waals surface area contributed by atoms with Crippen molar-refractivity contribution in [2.24, 2.45) is 5.34 Å². The Bertz CT molecular complexity index is 511. The average molecular weight is 355 g/mol. The van der Waals surface area contributed by atoms with Gasteiger partial charge in [0.1, 0.15) is 11.9 Å². The molecule has 0 aromatic heterocycles. The Morgan fingerprint density at radius 1 is 1.42 bits per heavy atom. The van der Waals surface area contributed by atoms with E-state index in [4.69, 9.17) is 4.84 Å². The Labute approximate surface area is 147 Å². The van der Waals surface area contributed by atoms with Gasteiger partial charge in [0.25, 0.3) is 0 Å². The van der Waals surface area contributed by atoms with Gasteiger partial charge in [-0.25, -0.2) is 4.39 Å². The molecule has 0 bridgehead atoms. The second-order valence-electron chi connectivity index (χ2n) is 5.94. The molecule has 1 heterocycles. The third-order valence-electron chi connectivity index (χ3n) is 4.12. The van der Waals surface area contributed by atoms with Crippen LogP contribution in [-0.4, -0.2) is 37.2 Å². The Morgan fingerprint density at radius 2 is 2.29 bits per heavy atom. The highest BCUT2D eigenvalue weighted by atomic mass is 32.2. The minimum absolute atomic E-state index is 0.216. The maximum absolute atomic E-state index is 14.5. The van der Waals surface area contributed by atoms with Crippen LogP contribution in [0.3, 0.4) is 0 Å². The average Bonchev–Trinajstić information content (AvgIpc) is 2.86. The summed E-state index contributed by atoms with van der Waals surface area (Å²) in [5.41, 5.74) is 1.35. The molecule has 1 N–H and O–H groups in total. The fraction of sp³-hybridized carbons (Fsp3) is 0.647. The smallest absolute Gasteiger partial charge is 0.155 e. The highest BCUT2D eigenvalue weighted by molar-refractivity contribution is 7.99. The van der Waals surface area contributed by atoms with Gasteiger partial charge in [0.2, 0.25) is 0 Å². The number of rotatable bonds is 9. The Kier molecular flexibility index (Phi) is 8.15. The molecule has 0 amide bonds. The summed E-state index contributed by atoms with van der Waals surface area (Å²) in [6.07, 6.45) is 3.53. The third kappa shape index (κ3) is 5.85. The molecule has 24 heavy (non-hydrogen) atoms. The second kappa shape index (κ2) is 10.4. The molecule has 0 saturated carbocycles. The van der Waals surface area contributed by atoms with Crippen LogP contribution in [-0.2, 0) is 4.84 Å². The minimum Gasteiger partial charge on any atom is -0.381 e. The van der Waals surface area contributed by atoms with E-state index in [0.717, 1.165) is 50.3 Å². The molecule has 2 rings (SSSR count). The molecular weight excluding hydrogens is 329 g/mol. The standard InChI is InChI=1S/C17H26FN3O2S/c1-2-3-5-15(23-20-22)13-19-14-6-7-17(16(18)12-14)21-8-4-10-24-11-9-21/h6-7,12,15,19H,2-5,8-11,13H2,1H3. The van der Waals surface area contributed by atoms with Crippen LogP contribution in [0.25, 0.3) is 0 Å². The lowest BCUT2D eigenvalue weighted by Crippen LogP contribution is -2.26. The van der Waals surface area contributed by atoms with E-state index in [9.17, 15) is 9.30 Å². The Morgan fingerprint density at radius 3 is 3.04 bits per heavy atom. The zero-order valence-corrected chi connectivity index (χ0v) is 15.0. The summed E-state index contributed by atoms with van der Waals surface area (Å²) in [5, 5.41) is 5.67. The number of benzene rings is 1. The van der Waals surface area contributed by atoms with E-state index in [1.807, 2.05) is 23.9 Å². The zero-order chi connectivity index (χ0) is 17.2. The summed E-state index contributed by atoms with van der Waals surface area (Å²) in [6.45, 7) is 4.29. The van der Waals surface area contributed by atoms with Crippen LogP contribution < -0.4 is 10.2 Å². The lowest BCUT2D eigenvalue weighted by molar-refractivity contribution is 0.0568. The van der Waals surface area contributed by atoms with E-state index in [2.05, 4.69) is 22.5 Å². The zero-order valence-electron chi connectivity index (χ0n) is 14.2. The summed E-state index contributed by atoms with van der Waals surface area (Å²) < 4.78 is 14.5. The van der Waals surface area contributed by atoms with Gasteiger partial charge in [-0.1, -0.05) is 13.3 Å². The molecule has 1 saturated heterocycles. The van der Waals surface area contributed by atoms with Crippen molar-refractivity contribution in [3.63, 3.8) is 0 Å². The number of anilines is 2. The molecule has 1 atom stereocenters. The third-order valence-corrected chi connectivity index (χ3v) is 5.16. The lowest BCUT2D eigenvalue weighted by atomic mass is 10.1.